The summed E-state index contributed by atoms with van der Waals surface area (Å²) in [7, 11) is 1.91. The van der Waals surface area contributed by atoms with Crippen LogP contribution in [0.3, 0.4) is 0 Å². The highest BCUT2D eigenvalue weighted by Gasteiger charge is 2.05. The van der Waals surface area contributed by atoms with E-state index in [1.807, 2.05) is 19.2 Å². The predicted molar refractivity (Wildman–Crippen MR) is 52.4 cm³/mol. The summed E-state index contributed by atoms with van der Waals surface area (Å²) in [6.45, 7) is 0.942. The summed E-state index contributed by atoms with van der Waals surface area (Å²) >= 11 is 0. The normalized spacial score (nSPS) is 12.8. The van der Waals surface area contributed by atoms with Gasteiger partial charge in [0, 0.05) is 12.4 Å². The Morgan fingerprint density at radius 3 is 3.08 bits per heavy atom. The van der Waals surface area contributed by atoms with E-state index in [0.29, 0.717) is 0 Å². The van der Waals surface area contributed by atoms with Crippen LogP contribution in [0.2, 0.25) is 0 Å². The van der Waals surface area contributed by atoms with E-state index in [4.69, 9.17) is 0 Å². The molecule has 0 aromatic carbocycles. The van der Waals surface area contributed by atoms with Crippen molar-refractivity contribution in [3.8, 4) is 0 Å². The topological polar surface area (TPSA) is 45.1 Å². The summed E-state index contributed by atoms with van der Waals surface area (Å²) in [5, 5.41) is 12.7. The standard InChI is InChI=1S/C10H16N2O/c1-11-6-3-5-10(13)9-4-2-7-12-8-9/h2,4,7-8,10-11,13H,3,5-6H2,1H3. The highest BCUT2D eigenvalue weighted by molar-refractivity contribution is 5.11. The fourth-order valence-corrected chi connectivity index (χ4v) is 1.21. The summed E-state index contributed by atoms with van der Waals surface area (Å²) in [5.41, 5.74) is 0.901. The second kappa shape index (κ2) is 5.67. The molecule has 1 aromatic rings. The van der Waals surface area contributed by atoms with E-state index in [1.54, 1.807) is 12.4 Å². The lowest BCUT2D eigenvalue weighted by Crippen LogP contribution is -2.09. The van der Waals surface area contributed by atoms with E-state index in [0.717, 1.165) is 24.9 Å². The minimum Gasteiger partial charge on any atom is -0.388 e. The Morgan fingerprint density at radius 1 is 1.62 bits per heavy atom. The molecule has 1 heterocycles. The first kappa shape index (κ1) is 10.2. The number of pyridine rings is 1. The van der Waals surface area contributed by atoms with E-state index in [9.17, 15) is 5.11 Å². The molecular formula is C10H16N2O. The monoisotopic (exact) mass is 180 g/mol. The second-order valence-electron chi connectivity index (χ2n) is 3.05. The number of nitrogens with zero attached hydrogens (tertiary/aromatic N) is 1. The maximum Gasteiger partial charge on any atom is 0.0805 e. The Morgan fingerprint density at radius 2 is 2.46 bits per heavy atom. The van der Waals surface area contributed by atoms with Crippen LogP contribution in [0.15, 0.2) is 24.5 Å². The molecule has 0 amide bonds. The second-order valence-corrected chi connectivity index (χ2v) is 3.05. The third-order valence-corrected chi connectivity index (χ3v) is 1.97. The van der Waals surface area contributed by atoms with E-state index in [2.05, 4.69) is 10.3 Å². The van der Waals surface area contributed by atoms with Gasteiger partial charge in [-0.3, -0.25) is 4.98 Å². The number of aromatic nitrogens is 1. The molecule has 0 fully saturated rings. The van der Waals surface area contributed by atoms with E-state index in [1.165, 1.54) is 0 Å². The van der Waals surface area contributed by atoms with Gasteiger partial charge in [-0.25, -0.2) is 0 Å². The van der Waals surface area contributed by atoms with Crippen LogP contribution < -0.4 is 5.32 Å². The first-order chi connectivity index (χ1) is 6.34. The summed E-state index contributed by atoms with van der Waals surface area (Å²) in [6, 6.07) is 3.74. The van der Waals surface area contributed by atoms with Crippen molar-refractivity contribution in [2.75, 3.05) is 13.6 Å². The highest BCUT2D eigenvalue weighted by Crippen LogP contribution is 2.15. The fraction of sp³-hybridized carbons (Fsp3) is 0.500. The van der Waals surface area contributed by atoms with Crippen LogP contribution in [0.1, 0.15) is 24.5 Å². The van der Waals surface area contributed by atoms with E-state index >= 15 is 0 Å². The number of hydrogen-bond acceptors (Lipinski definition) is 3. The minimum absolute atomic E-state index is 0.373. The molecule has 13 heavy (non-hydrogen) atoms. The number of nitrogens with one attached hydrogen (secondary N) is 1. The van der Waals surface area contributed by atoms with Gasteiger partial charge in [0.1, 0.15) is 0 Å². The Hall–Kier alpha value is -0.930. The molecule has 0 saturated carbocycles. The lowest BCUT2D eigenvalue weighted by atomic mass is 10.1. The third kappa shape index (κ3) is 3.53. The Bertz CT molecular complexity index is 226. The van der Waals surface area contributed by atoms with Gasteiger partial charge < -0.3 is 10.4 Å². The van der Waals surface area contributed by atoms with Gasteiger partial charge in [-0.2, -0.15) is 0 Å². The van der Waals surface area contributed by atoms with E-state index < -0.39 is 0 Å². The largest absolute Gasteiger partial charge is 0.388 e. The number of rotatable bonds is 5. The summed E-state index contributed by atoms with van der Waals surface area (Å²) in [6.07, 6.45) is 4.81. The summed E-state index contributed by atoms with van der Waals surface area (Å²) in [5.74, 6) is 0. The Kier molecular flexibility index (Phi) is 4.43. The van der Waals surface area contributed by atoms with E-state index in [-0.39, 0.29) is 6.10 Å². The van der Waals surface area contributed by atoms with Gasteiger partial charge in [0.15, 0.2) is 0 Å². The van der Waals surface area contributed by atoms with Crippen molar-refractivity contribution >= 4 is 0 Å². The molecule has 1 unspecified atom stereocenters. The van der Waals surface area contributed by atoms with Crippen molar-refractivity contribution in [3.63, 3.8) is 0 Å². The van der Waals surface area contributed by atoms with Crippen molar-refractivity contribution < 1.29 is 5.11 Å². The minimum atomic E-state index is -0.373. The van der Waals surface area contributed by atoms with Crippen LogP contribution in [0.4, 0.5) is 0 Å². The zero-order chi connectivity index (χ0) is 9.52. The molecule has 0 aliphatic carbocycles. The van der Waals surface area contributed by atoms with Crippen molar-refractivity contribution in [2.45, 2.75) is 18.9 Å². The molecule has 1 atom stereocenters. The number of aliphatic hydroxyl groups is 1. The molecule has 0 bridgehead atoms. The molecule has 1 rings (SSSR count). The number of hydrogen-bond donors (Lipinski definition) is 2. The maximum absolute atomic E-state index is 9.68. The van der Waals surface area contributed by atoms with Gasteiger partial charge in [-0.15, -0.1) is 0 Å². The first-order valence-electron chi connectivity index (χ1n) is 4.57. The summed E-state index contributed by atoms with van der Waals surface area (Å²) < 4.78 is 0. The fourth-order valence-electron chi connectivity index (χ4n) is 1.21. The zero-order valence-corrected chi connectivity index (χ0v) is 7.90. The molecular weight excluding hydrogens is 164 g/mol. The van der Waals surface area contributed by atoms with Gasteiger partial charge in [-0.05, 0) is 38.1 Å². The molecule has 3 heteroatoms. The third-order valence-electron chi connectivity index (χ3n) is 1.97. The SMILES string of the molecule is CNCCCC(O)c1cccnc1. The van der Waals surface area contributed by atoms with Crippen LogP contribution in [-0.4, -0.2) is 23.7 Å². The summed E-state index contributed by atoms with van der Waals surface area (Å²) in [4.78, 5) is 3.96. The van der Waals surface area contributed by atoms with Crippen LogP contribution in [-0.2, 0) is 0 Å². The Labute approximate surface area is 78.8 Å². The molecule has 72 valence electrons. The predicted octanol–water partition coefficient (Wildman–Crippen LogP) is 1.11. The maximum atomic E-state index is 9.68. The van der Waals surface area contributed by atoms with Gasteiger partial charge in [0.25, 0.3) is 0 Å². The smallest absolute Gasteiger partial charge is 0.0805 e. The number of aliphatic hydroxyl groups excluding tert-OH is 1. The van der Waals surface area contributed by atoms with Crippen LogP contribution in [0, 0.1) is 0 Å². The van der Waals surface area contributed by atoms with Gasteiger partial charge in [0.2, 0.25) is 0 Å². The Balaban J connectivity index is 2.35. The average molecular weight is 180 g/mol. The van der Waals surface area contributed by atoms with Gasteiger partial charge in [0.05, 0.1) is 6.10 Å². The lowest BCUT2D eigenvalue weighted by Gasteiger charge is -2.09. The lowest BCUT2D eigenvalue weighted by molar-refractivity contribution is 0.164. The molecule has 0 saturated heterocycles. The van der Waals surface area contributed by atoms with Crippen molar-refractivity contribution in [1.82, 2.24) is 10.3 Å². The van der Waals surface area contributed by atoms with Crippen LogP contribution >= 0.6 is 0 Å². The van der Waals surface area contributed by atoms with Crippen LogP contribution in [0.25, 0.3) is 0 Å². The molecule has 0 spiro atoms. The molecule has 2 N–H and O–H groups in total. The van der Waals surface area contributed by atoms with Crippen LogP contribution in [0.5, 0.6) is 0 Å². The highest BCUT2D eigenvalue weighted by atomic mass is 16.3. The molecule has 0 aliphatic heterocycles. The van der Waals surface area contributed by atoms with Crippen molar-refractivity contribution in [1.29, 1.82) is 0 Å². The van der Waals surface area contributed by atoms with Gasteiger partial charge in [-0.1, -0.05) is 6.07 Å². The molecule has 0 aliphatic rings. The van der Waals surface area contributed by atoms with Gasteiger partial charge >= 0.3 is 0 Å². The first-order valence-corrected chi connectivity index (χ1v) is 4.57. The quantitative estimate of drug-likeness (QED) is 0.667. The molecule has 0 radical (unpaired) electrons. The molecule has 1 aromatic heterocycles. The van der Waals surface area contributed by atoms with Crippen molar-refractivity contribution in [2.24, 2.45) is 0 Å². The van der Waals surface area contributed by atoms with Crippen molar-refractivity contribution in [3.05, 3.63) is 30.1 Å². The zero-order valence-electron chi connectivity index (χ0n) is 7.90. The molecule has 3 nitrogen and oxygen atoms in total. The average Bonchev–Trinajstić information content (AvgIpc) is 2.19.